The van der Waals surface area contributed by atoms with Gasteiger partial charge in [-0.1, -0.05) is 6.07 Å². The van der Waals surface area contributed by atoms with Gasteiger partial charge in [-0.3, -0.25) is 9.10 Å². The van der Waals surface area contributed by atoms with Crippen LogP contribution in [0.4, 0.5) is 11.4 Å². The second kappa shape index (κ2) is 8.77. The van der Waals surface area contributed by atoms with Gasteiger partial charge in [0.2, 0.25) is 15.9 Å². The number of hydrogen-bond donors (Lipinski definition) is 1. The molecule has 0 saturated carbocycles. The highest BCUT2D eigenvalue weighted by atomic mass is 32.2. The molecule has 1 N–H and O–H groups in total. The molecule has 0 heterocycles. The van der Waals surface area contributed by atoms with Crippen LogP contribution in [0.2, 0.25) is 0 Å². The molecule has 0 bridgehead atoms. The highest BCUT2D eigenvalue weighted by Gasteiger charge is 2.21. The van der Waals surface area contributed by atoms with E-state index >= 15 is 0 Å². The van der Waals surface area contributed by atoms with Crippen molar-refractivity contribution in [2.75, 3.05) is 29.5 Å². The van der Waals surface area contributed by atoms with Crippen molar-refractivity contribution < 1.29 is 22.7 Å². The van der Waals surface area contributed by atoms with Gasteiger partial charge in [-0.05, 0) is 50.2 Å². The first-order valence-corrected chi connectivity index (χ1v) is 10.2. The summed E-state index contributed by atoms with van der Waals surface area (Å²) >= 11 is 0. The second-order valence-electron chi connectivity index (χ2n) is 6.21. The SMILES string of the molecule is COc1ccc(NC(=O)CN(c2cccc(OC(C)C)c2)S(C)(=O)=O)cc1. The number of sulfonamides is 1. The Morgan fingerprint density at radius 2 is 1.78 bits per heavy atom. The Kier molecular flexibility index (Phi) is 6.68. The molecule has 0 aromatic heterocycles. The summed E-state index contributed by atoms with van der Waals surface area (Å²) < 4.78 is 36.2. The van der Waals surface area contributed by atoms with Crippen molar-refractivity contribution in [1.29, 1.82) is 0 Å². The normalized spacial score (nSPS) is 11.1. The molecule has 7 nitrogen and oxygen atoms in total. The average molecular weight is 392 g/mol. The third kappa shape index (κ3) is 6.18. The fourth-order valence-electron chi connectivity index (χ4n) is 2.39. The molecule has 0 aliphatic heterocycles. The van der Waals surface area contributed by atoms with Gasteiger partial charge in [0, 0.05) is 11.8 Å². The molecule has 2 aromatic carbocycles. The average Bonchev–Trinajstić information content (AvgIpc) is 2.59. The Labute approximate surface area is 160 Å². The molecule has 0 atom stereocenters. The van der Waals surface area contributed by atoms with Crippen molar-refractivity contribution >= 4 is 27.3 Å². The van der Waals surface area contributed by atoms with Gasteiger partial charge in [0.25, 0.3) is 0 Å². The lowest BCUT2D eigenvalue weighted by molar-refractivity contribution is -0.114. The van der Waals surface area contributed by atoms with E-state index in [0.29, 0.717) is 22.9 Å². The predicted molar refractivity (Wildman–Crippen MR) is 106 cm³/mol. The number of anilines is 2. The quantitative estimate of drug-likeness (QED) is 0.747. The van der Waals surface area contributed by atoms with Gasteiger partial charge in [-0.2, -0.15) is 0 Å². The number of amides is 1. The molecule has 146 valence electrons. The highest BCUT2D eigenvalue weighted by Crippen LogP contribution is 2.24. The summed E-state index contributed by atoms with van der Waals surface area (Å²) in [5, 5.41) is 2.68. The molecule has 0 spiro atoms. The molecule has 0 saturated heterocycles. The van der Waals surface area contributed by atoms with Crippen molar-refractivity contribution in [3.63, 3.8) is 0 Å². The summed E-state index contributed by atoms with van der Waals surface area (Å²) in [6.45, 7) is 3.41. The topological polar surface area (TPSA) is 84.9 Å². The minimum Gasteiger partial charge on any atom is -0.497 e. The number of nitrogens with zero attached hydrogens (tertiary/aromatic N) is 1. The zero-order valence-electron chi connectivity index (χ0n) is 15.8. The van der Waals surface area contributed by atoms with E-state index in [9.17, 15) is 13.2 Å². The van der Waals surface area contributed by atoms with E-state index in [4.69, 9.17) is 9.47 Å². The van der Waals surface area contributed by atoms with Crippen LogP contribution in [0, 0.1) is 0 Å². The van der Waals surface area contributed by atoms with Crippen molar-refractivity contribution in [1.82, 2.24) is 0 Å². The Morgan fingerprint density at radius 1 is 1.11 bits per heavy atom. The molecule has 2 rings (SSSR count). The van der Waals surface area contributed by atoms with E-state index in [-0.39, 0.29) is 12.6 Å². The third-order valence-corrected chi connectivity index (χ3v) is 4.68. The van der Waals surface area contributed by atoms with E-state index in [1.807, 2.05) is 13.8 Å². The summed E-state index contributed by atoms with van der Waals surface area (Å²) in [6.07, 6.45) is 1.01. The lowest BCUT2D eigenvalue weighted by atomic mass is 10.3. The number of rotatable bonds is 8. The van der Waals surface area contributed by atoms with Crippen molar-refractivity contribution in [2.24, 2.45) is 0 Å². The molecule has 0 fully saturated rings. The van der Waals surface area contributed by atoms with Crippen LogP contribution in [0.1, 0.15) is 13.8 Å². The predicted octanol–water partition coefficient (Wildman–Crippen LogP) is 2.89. The molecule has 0 radical (unpaired) electrons. The number of nitrogens with one attached hydrogen (secondary N) is 1. The largest absolute Gasteiger partial charge is 0.497 e. The molecule has 27 heavy (non-hydrogen) atoms. The van der Waals surface area contributed by atoms with Crippen LogP contribution in [0.15, 0.2) is 48.5 Å². The van der Waals surface area contributed by atoms with Gasteiger partial charge < -0.3 is 14.8 Å². The van der Waals surface area contributed by atoms with Crippen LogP contribution in [0.5, 0.6) is 11.5 Å². The first-order valence-electron chi connectivity index (χ1n) is 8.37. The lowest BCUT2D eigenvalue weighted by Gasteiger charge is -2.22. The van der Waals surface area contributed by atoms with Gasteiger partial charge >= 0.3 is 0 Å². The molecule has 0 aliphatic rings. The maximum atomic E-state index is 12.4. The van der Waals surface area contributed by atoms with Crippen LogP contribution < -0.4 is 19.1 Å². The summed E-state index contributed by atoms with van der Waals surface area (Å²) in [7, 11) is -2.11. The molecule has 2 aromatic rings. The zero-order valence-corrected chi connectivity index (χ0v) is 16.6. The minimum atomic E-state index is -3.66. The van der Waals surface area contributed by atoms with Gasteiger partial charge in [-0.25, -0.2) is 8.42 Å². The molecule has 1 amide bonds. The second-order valence-corrected chi connectivity index (χ2v) is 8.12. The molecular formula is C19H24N2O5S. The van der Waals surface area contributed by atoms with Gasteiger partial charge in [-0.15, -0.1) is 0 Å². The van der Waals surface area contributed by atoms with Crippen LogP contribution in [0.3, 0.4) is 0 Å². The Hall–Kier alpha value is -2.74. The molecule has 0 aliphatic carbocycles. The molecular weight excluding hydrogens is 368 g/mol. The van der Waals surface area contributed by atoms with Gasteiger partial charge in [0.15, 0.2) is 0 Å². The van der Waals surface area contributed by atoms with Crippen molar-refractivity contribution in [2.45, 2.75) is 20.0 Å². The van der Waals surface area contributed by atoms with Gasteiger partial charge in [0.05, 0.1) is 25.2 Å². The first kappa shape index (κ1) is 20.6. The number of carbonyl (C=O) groups is 1. The smallest absolute Gasteiger partial charge is 0.245 e. The standard InChI is InChI=1S/C19H24N2O5S/c1-14(2)26-18-7-5-6-16(12-18)21(27(4,23)24)13-19(22)20-15-8-10-17(25-3)11-9-15/h5-12,14H,13H2,1-4H3,(H,20,22). The first-order chi connectivity index (χ1) is 12.7. The number of benzene rings is 2. The number of carbonyl (C=O) groups excluding carboxylic acids is 1. The van der Waals surface area contributed by atoms with E-state index in [0.717, 1.165) is 10.6 Å². The summed E-state index contributed by atoms with van der Waals surface area (Å²) in [6, 6.07) is 13.4. The maximum Gasteiger partial charge on any atom is 0.245 e. The minimum absolute atomic E-state index is 0.0506. The maximum absolute atomic E-state index is 12.4. The fourth-order valence-corrected chi connectivity index (χ4v) is 3.24. The van der Waals surface area contributed by atoms with Crippen LogP contribution in [0.25, 0.3) is 0 Å². The van der Waals surface area contributed by atoms with E-state index in [1.165, 1.54) is 0 Å². The number of methoxy groups -OCH3 is 1. The van der Waals surface area contributed by atoms with E-state index in [1.54, 1.807) is 55.6 Å². The van der Waals surface area contributed by atoms with Crippen molar-refractivity contribution in [3.8, 4) is 11.5 Å². The number of ether oxygens (including phenoxy) is 2. The van der Waals surface area contributed by atoms with Crippen LogP contribution >= 0.6 is 0 Å². The molecule has 8 heteroatoms. The summed E-state index contributed by atoms with van der Waals surface area (Å²) in [5.41, 5.74) is 0.909. The van der Waals surface area contributed by atoms with Gasteiger partial charge in [0.1, 0.15) is 18.0 Å². The Bertz CT molecular complexity index is 879. The van der Waals surface area contributed by atoms with Crippen LogP contribution in [-0.2, 0) is 14.8 Å². The zero-order chi connectivity index (χ0) is 20.0. The lowest BCUT2D eigenvalue weighted by Crippen LogP contribution is -2.37. The van der Waals surface area contributed by atoms with E-state index in [2.05, 4.69) is 5.32 Å². The highest BCUT2D eigenvalue weighted by molar-refractivity contribution is 7.92. The van der Waals surface area contributed by atoms with E-state index < -0.39 is 15.9 Å². The monoisotopic (exact) mass is 392 g/mol. The van der Waals surface area contributed by atoms with Crippen LogP contribution in [-0.4, -0.2) is 40.3 Å². The fraction of sp³-hybridized carbons (Fsp3) is 0.316. The number of hydrogen-bond acceptors (Lipinski definition) is 5. The van der Waals surface area contributed by atoms with Crippen molar-refractivity contribution in [3.05, 3.63) is 48.5 Å². The third-order valence-electron chi connectivity index (χ3n) is 3.54. The Balaban J connectivity index is 2.18. The Morgan fingerprint density at radius 3 is 2.33 bits per heavy atom. The summed E-state index contributed by atoms with van der Waals surface area (Å²) in [4.78, 5) is 12.4. The molecule has 0 unspecified atom stereocenters. The summed E-state index contributed by atoms with van der Waals surface area (Å²) in [5.74, 6) is 0.736.